The van der Waals surface area contributed by atoms with Gasteiger partial charge in [-0.1, -0.05) is 41.5 Å². The van der Waals surface area contributed by atoms with Crippen molar-refractivity contribution in [1.82, 2.24) is 0 Å². The molecule has 2 aromatic carbocycles. The molecule has 0 spiro atoms. The molecule has 0 heterocycles. The van der Waals surface area contributed by atoms with Gasteiger partial charge in [0.05, 0.1) is 7.11 Å². The number of rotatable bonds is 1. The van der Waals surface area contributed by atoms with Gasteiger partial charge in [0.1, 0.15) is 23.0 Å². The predicted octanol–water partition coefficient (Wildman–Crippen LogP) is 5.09. The highest BCUT2D eigenvalue weighted by Crippen LogP contribution is 2.39. The summed E-state index contributed by atoms with van der Waals surface area (Å²) in [4.78, 5) is 0. The lowest BCUT2D eigenvalue weighted by molar-refractivity contribution is 0.412. The van der Waals surface area contributed by atoms with Crippen LogP contribution in [0.2, 0.25) is 0 Å². The molecule has 0 unspecified atom stereocenters. The molecule has 0 radical (unpaired) electrons. The smallest absolute Gasteiger partial charge is 0.119 e. The molecule has 0 aliphatic rings. The maximum absolute atomic E-state index is 10.0. The molecule has 138 valence electrons. The average molecular weight is 346 g/mol. The first-order valence-electron chi connectivity index (χ1n) is 8.26. The Bertz CT molecular complexity index is 650. The van der Waals surface area contributed by atoms with Crippen molar-refractivity contribution in [1.29, 1.82) is 0 Å². The fourth-order valence-corrected chi connectivity index (χ4v) is 2.36. The van der Waals surface area contributed by atoms with Crippen molar-refractivity contribution < 1.29 is 20.1 Å². The van der Waals surface area contributed by atoms with E-state index in [0.29, 0.717) is 0 Å². The van der Waals surface area contributed by atoms with E-state index >= 15 is 0 Å². The molecule has 0 atom stereocenters. The predicted molar refractivity (Wildman–Crippen MR) is 102 cm³/mol. The Labute approximate surface area is 150 Å². The summed E-state index contributed by atoms with van der Waals surface area (Å²) >= 11 is 0. The van der Waals surface area contributed by atoms with Gasteiger partial charge in [0.2, 0.25) is 0 Å². The topological polar surface area (TPSA) is 69.9 Å². The minimum Gasteiger partial charge on any atom is -0.508 e. The second-order valence-corrected chi connectivity index (χ2v) is 8.08. The van der Waals surface area contributed by atoms with E-state index in [-0.39, 0.29) is 28.1 Å². The number of phenolic OH excluding ortho intramolecular Hbond substituents is 3. The molecular formula is C21H30O4. The number of benzene rings is 2. The summed E-state index contributed by atoms with van der Waals surface area (Å²) in [6, 6.07) is 9.92. The number of hydrogen-bond acceptors (Lipinski definition) is 4. The zero-order valence-corrected chi connectivity index (χ0v) is 16.2. The Hall–Kier alpha value is -2.36. The van der Waals surface area contributed by atoms with E-state index in [9.17, 15) is 10.2 Å². The SMILES string of the molecule is CC(C)(C)c1cc(O)c(C(C)(C)C)cc1O.COc1ccc(O)cc1. The van der Waals surface area contributed by atoms with E-state index in [4.69, 9.17) is 9.84 Å². The lowest BCUT2D eigenvalue weighted by atomic mass is 9.81. The molecule has 4 nitrogen and oxygen atoms in total. The van der Waals surface area contributed by atoms with E-state index in [0.717, 1.165) is 16.9 Å². The van der Waals surface area contributed by atoms with Crippen molar-refractivity contribution in [3.63, 3.8) is 0 Å². The number of ether oxygens (including phenoxy) is 1. The zero-order chi connectivity index (χ0) is 19.4. The molecule has 0 saturated carbocycles. The molecule has 2 rings (SSSR count). The van der Waals surface area contributed by atoms with E-state index in [1.54, 1.807) is 43.5 Å². The maximum atomic E-state index is 10.0. The van der Waals surface area contributed by atoms with Crippen LogP contribution in [0.4, 0.5) is 0 Å². The fraction of sp³-hybridized carbons (Fsp3) is 0.429. The summed E-state index contributed by atoms with van der Waals surface area (Å²) in [6.07, 6.45) is 0. The van der Waals surface area contributed by atoms with E-state index in [2.05, 4.69) is 0 Å². The van der Waals surface area contributed by atoms with E-state index in [1.165, 1.54) is 0 Å². The summed E-state index contributed by atoms with van der Waals surface area (Å²) in [5.74, 6) is 1.54. The summed E-state index contributed by atoms with van der Waals surface area (Å²) in [5.41, 5.74) is 1.21. The third-order valence-corrected chi connectivity index (χ3v) is 3.80. The Kier molecular flexibility index (Phi) is 6.36. The average Bonchev–Trinajstić information content (AvgIpc) is 2.48. The maximum Gasteiger partial charge on any atom is 0.119 e. The van der Waals surface area contributed by atoms with Gasteiger partial charge in [0, 0.05) is 11.1 Å². The van der Waals surface area contributed by atoms with Crippen LogP contribution in [0.15, 0.2) is 36.4 Å². The first-order valence-corrected chi connectivity index (χ1v) is 8.26. The number of aromatic hydroxyl groups is 3. The largest absolute Gasteiger partial charge is 0.508 e. The van der Waals surface area contributed by atoms with Crippen LogP contribution >= 0.6 is 0 Å². The standard InChI is InChI=1S/C14H22O2.C7H8O2/c1-13(2,3)9-7-12(16)10(8-11(9)15)14(4,5)6;1-9-7-4-2-6(8)3-5-7/h7-8,15-16H,1-6H3;2-5,8H,1H3. The molecule has 4 heteroatoms. The van der Waals surface area contributed by atoms with Crippen molar-refractivity contribution in [3.8, 4) is 23.0 Å². The van der Waals surface area contributed by atoms with Gasteiger partial charge in [0.25, 0.3) is 0 Å². The highest BCUT2D eigenvalue weighted by atomic mass is 16.5. The van der Waals surface area contributed by atoms with Crippen molar-refractivity contribution in [3.05, 3.63) is 47.5 Å². The Morgan fingerprint density at radius 3 is 1.32 bits per heavy atom. The van der Waals surface area contributed by atoms with Crippen molar-refractivity contribution in [2.24, 2.45) is 0 Å². The van der Waals surface area contributed by atoms with Gasteiger partial charge in [-0.15, -0.1) is 0 Å². The van der Waals surface area contributed by atoms with Crippen molar-refractivity contribution in [2.75, 3.05) is 7.11 Å². The molecule has 0 aromatic heterocycles. The molecule has 0 aliphatic carbocycles. The summed E-state index contributed by atoms with van der Waals surface area (Å²) in [5, 5.41) is 28.8. The second kappa shape index (κ2) is 7.68. The molecule has 0 fully saturated rings. The van der Waals surface area contributed by atoms with Crippen LogP contribution in [0.3, 0.4) is 0 Å². The molecule has 3 N–H and O–H groups in total. The summed E-state index contributed by atoms with van der Waals surface area (Å²) in [6.45, 7) is 12.1. The van der Waals surface area contributed by atoms with Crippen LogP contribution in [0.5, 0.6) is 23.0 Å². The monoisotopic (exact) mass is 346 g/mol. The van der Waals surface area contributed by atoms with Gasteiger partial charge in [-0.2, -0.15) is 0 Å². The normalized spacial score (nSPS) is 11.5. The minimum absolute atomic E-state index is 0.169. The molecule has 0 amide bonds. The Morgan fingerprint density at radius 1 is 0.680 bits per heavy atom. The van der Waals surface area contributed by atoms with Crippen LogP contribution < -0.4 is 4.74 Å². The van der Waals surface area contributed by atoms with Gasteiger partial charge in [-0.05, 0) is 47.2 Å². The molecule has 0 saturated heterocycles. The highest BCUT2D eigenvalue weighted by molar-refractivity contribution is 5.50. The lowest BCUT2D eigenvalue weighted by Gasteiger charge is -2.25. The van der Waals surface area contributed by atoms with Gasteiger partial charge >= 0.3 is 0 Å². The van der Waals surface area contributed by atoms with Crippen LogP contribution in [0.25, 0.3) is 0 Å². The first kappa shape index (κ1) is 20.7. The molecule has 0 bridgehead atoms. The van der Waals surface area contributed by atoms with Crippen LogP contribution in [0.1, 0.15) is 52.7 Å². The van der Waals surface area contributed by atoms with Crippen LogP contribution in [-0.4, -0.2) is 22.4 Å². The third-order valence-electron chi connectivity index (χ3n) is 3.80. The molecular weight excluding hydrogens is 316 g/mol. The summed E-state index contributed by atoms with van der Waals surface area (Å²) < 4.78 is 4.86. The van der Waals surface area contributed by atoms with Crippen LogP contribution in [0, 0.1) is 0 Å². The number of hydrogen-bond donors (Lipinski definition) is 3. The van der Waals surface area contributed by atoms with E-state index in [1.807, 2.05) is 41.5 Å². The van der Waals surface area contributed by atoms with Gasteiger partial charge in [-0.3, -0.25) is 0 Å². The lowest BCUT2D eigenvalue weighted by Crippen LogP contribution is -2.15. The van der Waals surface area contributed by atoms with Crippen LogP contribution in [-0.2, 0) is 10.8 Å². The minimum atomic E-state index is -0.169. The second-order valence-electron chi connectivity index (χ2n) is 8.08. The number of methoxy groups -OCH3 is 1. The number of phenols is 3. The quantitative estimate of drug-likeness (QED) is 0.629. The molecule has 25 heavy (non-hydrogen) atoms. The Balaban J connectivity index is 0.000000293. The molecule has 0 aliphatic heterocycles. The highest BCUT2D eigenvalue weighted by Gasteiger charge is 2.24. The van der Waals surface area contributed by atoms with Gasteiger partial charge in [-0.25, -0.2) is 0 Å². The fourth-order valence-electron chi connectivity index (χ4n) is 2.36. The molecule has 2 aromatic rings. The summed E-state index contributed by atoms with van der Waals surface area (Å²) in [7, 11) is 1.59. The van der Waals surface area contributed by atoms with E-state index < -0.39 is 0 Å². The zero-order valence-electron chi connectivity index (χ0n) is 16.2. The van der Waals surface area contributed by atoms with Gasteiger partial charge in [0.15, 0.2) is 0 Å². The third kappa shape index (κ3) is 5.89. The first-order chi connectivity index (χ1) is 11.4. The van der Waals surface area contributed by atoms with Crippen molar-refractivity contribution >= 4 is 0 Å². The van der Waals surface area contributed by atoms with Gasteiger partial charge < -0.3 is 20.1 Å². The van der Waals surface area contributed by atoms with Crippen molar-refractivity contribution in [2.45, 2.75) is 52.4 Å². The Morgan fingerprint density at radius 2 is 1.04 bits per heavy atom.